The molecule has 0 spiro atoms. The summed E-state index contributed by atoms with van der Waals surface area (Å²) in [6.45, 7) is 0. The molecule has 22 aromatic carbocycles. The molecule has 0 saturated heterocycles. The van der Waals surface area contributed by atoms with Crippen molar-refractivity contribution in [2.75, 3.05) is 59.7 Å². The first-order valence-corrected chi connectivity index (χ1v) is 44.5. The topological polar surface area (TPSA) is 16.2 Å². The van der Waals surface area contributed by atoms with Crippen LogP contribution in [-0.4, -0.2) is 35.2 Å². The van der Waals surface area contributed by atoms with Crippen LogP contribution in [-0.2, 0) is 0 Å². The summed E-state index contributed by atoms with van der Waals surface area (Å²) in [7, 11) is 10.7. The zero-order valence-corrected chi connectivity index (χ0v) is 73.9. The Kier molecular flexibility index (Phi) is 26.0. The number of hydrogen-bond acceptors (Lipinski definition) is 5. The molecule has 0 saturated carbocycles. The summed E-state index contributed by atoms with van der Waals surface area (Å²) >= 11 is 0. The van der Waals surface area contributed by atoms with Gasteiger partial charge in [0.15, 0.2) is 0 Å². The van der Waals surface area contributed by atoms with E-state index < -0.39 is 0 Å². The minimum atomic E-state index is 1.18. The van der Waals surface area contributed by atoms with Gasteiger partial charge in [-0.15, -0.1) is 0 Å². The van der Waals surface area contributed by atoms with E-state index in [4.69, 9.17) is 0 Å². The van der Waals surface area contributed by atoms with Gasteiger partial charge in [0.1, 0.15) is 0 Å². The third-order valence-corrected chi connectivity index (χ3v) is 24.5. The third kappa shape index (κ3) is 19.3. The fourth-order valence-corrected chi connectivity index (χ4v) is 17.5. The van der Waals surface area contributed by atoms with Crippen molar-refractivity contribution < 1.29 is 0 Å². The van der Waals surface area contributed by atoms with Crippen molar-refractivity contribution in [3.05, 3.63) is 522 Å². The summed E-state index contributed by atoms with van der Waals surface area (Å²) in [5.74, 6) is 0. The van der Waals surface area contributed by atoms with Crippen molar-refractivity contribution in [1.82, 2.24) is 0 Å². The standard InChI is InChI=1S/2C27H21N.C25H21N.2C23H19N/c1-28(26-18-10-9-15-23(26)20-11-3-2-4-12-20)27-19-21-13-5-6-14-22(21)24-16-7-8-17-25(24)27;1-28(23-14-9-13-21(18-23)20-10-3-2-4-11-20)27-19-22-12-5-6-15-24(22)25-16-7-8-17-26(25)27;1-26(24-17-15-22(16-18-24)20-9-4-2-5-10-20)25-14-8-13-23(19-25)21-11-6-3-7-12-21;1-24(23-16-8-12-19-11-5-6-15-22(19)23)21-14-7-13-20(17-21)18-9-3-2-4-10-18;1-24(23-15-14-19-10-5-6-11-20(19)17-23)22-13-7-12-21(16-22)18-8-3-2-4-9-18/h2*2-19H,1H3;2-19H,1H3;2*2-17H,1H3. The molecular formula is C125H101N5. The molecule has 130 heavy (non-hydrogen) atoms. The highest BCUT2D eigenvalue weighted by Gasteiger charge is 2.19. The van der Waals surface area contributed by atoms with Crippen molar-refractivity contribution in [3.8, 4) is 66.8 Å². The van der Waals surface area contributed by atoms with Crippen LogP contribution in [0.5, 0.6) is 0 Å². The Morgan fingerprint density at radius 1 is 0.115 bits per heavy atom. The maximum Gasteiger partial charge on any atom is 0.0494 e. The maximum atomic E-state index is 2.32. The number of hydrogen-bond donors (Lipinski definition) is 0. The van der Waals surface area contributed by atoms with E-state index in [9.17, 15) is 0 Å². The van der Waals surface area contributed by atoms with Crippen molar-refractivity contribution >= 4 is 122 Å². The van der Waals surface area contributed by atoms with Crippen molar-refractivity contribution in [1.29, 1.82) is 0 Å². The van der Waals surface area contributed by atoms with Gasteiger partial charge in [-0.05, 0) is 207 Å². The van der Waals surface area contributed by atoms with Gasteiger partial charge in [0, 0.05) is 114 Å². The van der Waals surface area contributed by atoms with Crippen LogP contribution in [0.3, 0.4) is 0 Å². The second-order valence-electron chi connectivity index (χ2n) is 32.6. The SMILES string of the molecule is CN(c1ccc(-c2ccccc2)cc1)c1cccc(-c2ccccc2)c1.CN(c1cccc(-c2ccccc2)c1)c1cc2ccccc2c2ccccc12.CN(c1cccc(-c2ccccc2)c1)c1ccc2ccccc2c1.CN(c1cccc(-c2ccccc2)c1)c1cccc2ccccc12.CN(c1ccccc1-c1ccccc1)c1cc2ccccc2c2ccccc12. The molecule has 0 aliphatic heterocycles. The van der Waals surface area contributed by atoms with Crippen LogP contribution in [0, 0.1) is 0 Å². The van der Waals surface area contributed by atoms with Crippen molar-refractivity contribution in [3.63, 3.8) is 0 Å². The quantitative estimate of drug-likeness (QED) is 0.0894. The van der Waals surface area contributed by atoms with Crippen LogP contribution in [0.1, 0.15) is 0 Å². The molecule has 626 valence electrons. The van der Waals surface area contributed by atoms with Crippen LogP contribution in [0.25, 0.3) is 131 Å². The van der Waals surface area contributed by atoms with Crippen molar-refractivity contribution in [2.45, 2.75) is 0 Å². The zero-order chi connectivity index (χ0) is 88.3. The van der Waals surface area contributed by atoms with Crippen molar-refractivity contribution in [2.24, 2.45) is 0 Å². The van der Waals surface area contributed by atoms with Gasteiger partial charge in [0.05, 0.1) is 0 Å². The summed E-state index contributed by atoms with van der Waals surface area (Å²) < 4.78 is 0. The lowest BCUT2D eigenvalue weighted by Crippen LogP contribution is -2.11. The molecule has 0 aliphatic carbocycles. The second kappa shape index (κ2) is 40.1. The lowest BCUT2D eigenvalue weighted by molar-refractivity contribution is 1.21. The first-order chi connectivity index (χ1) is 64.1. The highest BCUT2D eigenvalue weighted by Crippen LogP contribution is 2.43. The minimum absolute atomic E-state index is 1.18. The van der Waals surface area contributed by atoms with E-state index >= 15 is 0 Å². The summed E-state index contributed by atoms with van der Waals surface area (Å²) in [5, 5.41) is 15.3. The second-order valence-corrected chi connectivity index (χ2v) is 32.6. The number of rotatable bonds is 16. The third-order valence-electron chi connectivity index (χ3n) is 24.5. The van der Waals surface area contributed by atoms with Gasteiger partial charge >= 0.3 is 0 Å². The minimum Gasteiger partial charge on any atom is -0.345 e. The van der Waals surface area contributed by atoms with Gasteiger partial charge in [-0.25, -0.2) is 0 Å². The van der Waals surface area contributed by atoms with Gasteiger partial charge in [-0.1, -0.05) is 425 Å². The van der Waals surface area contributed by atoms with Crippen LogP contribution in [0.2, 0.25) is 0 Å². The molecule has 5 nitrogen and oxygen atoms in total. The number of anilines is 10. The summed E-state index contributed by atoms with van der Waals surface area (Å²) in [5.41, 5.74) is 26.8. The normalized spacial score (nSPS) is 10.8. The first kappa shape index (κ1) is 84.3. The summed E-state index contributed by atoms with van der Waals surface area (Å²) in [4.78, 5) is 11.3. The first-order valence-electron chi connectivity index (χ1n) is 44.5. The average molecular weight is 1670 g/mol. The average Bonchev–Trinajstić information content (AvgIpc) is 0.763. The predicted octanol–water partition coefficient (Wildman–Crippen LogP) is 34.2. The molecule has 0 N–H and O–H groups in total. The number of fused-ring (bicyclic) bond motifs is 8. The van der Waals surface area contributed by atoms with E-state index in [1.54, 1.807) is 0 Å². The van der Waals surface area contributed by atoms with Gasteiger partial charge in [0.2, 0.25) is 0 Å². The van der Waals surface area contributed by atoms with E-state index in [1.807, 2.05) is 12.1 Å². The fraction of sp³-hybridized carbons (Fsp3) is 0.0400. The Balaban J connectivity index is 0.000000110. The van der Waals surface area contributed by atoms with Gasteiger partial charge in [-0.3, -0.25) is 0 Å². The lowest BCUT2D eigenvalue weighted by Gasteiger charge is -2.25. The van der Waals surface area contributed by atoms with Gasteiger partial charge in [-0.2, -0.15) is 0 Å². The van der Waals surface area contributed by atoms with E-state index in [-0.39, 0.29) is 0 Å². The number of benzene rings is 22. The molecule has 22 aromatic rings. The van der Waals surface area contributed by atoms with E-state index in [1.165, 1.54) is 188 Å². The molecule has 22 rings (SSSR count). The molecule has 0 aromatic heterocycles. The smallest absolute Gasteiger partial charge is 0.0494 e. The molecule has 0 heterocycles. The van der Waals surface area contributed by atoms with E-state index in [2.05, 4.69) is 569 Å². The molecule has 0 aliphatic rings. The Labute approximate surface area is 764 Å². The molecule has 0 bridgehead atoms. The Morgan fingerprint density at radius 3 is 0.831 bits per heavy atom. The molecule has 0 unspecified atom stereocenters. The predicted molar refractivity (Wildman–Crippen MR) is 562 cm³/mol. The number of para-hydroxylation sites is 1. The van der Waals surface area contributed by atoms with E-state index in [0.717, 1.165) is 0 Å². The highest BCUT2D eigenvalue weighted by molar-refractivity contribution is 6.15. The molecule has 0 atom stereocenters. The fourth-order valence-electron chi connectivity index (χ4n) is 17.5. The Bertz CT molecular complexity index is 7540. The zero-order valence-electron chi connectivity index (χ0n) is 73.9. The maximum absolute atomic E-state index is 2.32. The van der Waals surface area contributed by atoms with Crippen LogP contribution < -0.4 is 24.5 Å². The highest BCUT2D eigenvalue weighted by atomic mass is 15.1. The van der Waals surface area contributed by atoms with Crippen LogP contribution in [0.15, 0.2) is 522 Å². The monoisotopic (exact) mass is 1670 g/mol. The number of nitrogens with zero attached hydrogens (tertiary/aromatic N) is 5. The van der Waals surface area contributed by atoms with E-state index in [0.29, 0.717) is 0 Å². The van der Waals surface area contributed by atoms with Crippen LogP contribution in [0.4, 0.5) is 56.9 Å². The molecule has 0 fully saturated rings. The molecule has 0 amide bonds. The Hall–Kier alpha value is -16.6. The Morgan fingerprint density at radius 2 is 0.385 bits per heavy atom. The van der Waals surface area contributed by atoms with Gasteiger partial charge < -0.3 is 24.5 Å². The molecule has 0 radical (unpaired) electrons. The summed E-state index contributed by atoms with van der Waals surface area (Å²) in [6, 6.07) is 185. The van der Waals surface area contributed by atoms with Gasteiger partial charge in [0.25, 0.3) is 0 Å². The largest absolute Gasteiger partial charge is 0.345 e. The molecular weight excluding hydrogens is 1570 g/mol. The lowest BCUT2D eigenvalue weighted by atomic mass is 9.98. The molecule has 5 heteroatoms. The summed E-state index contributed by atoms with van der Waals surface area (Å²) in [6.07, 6.45) is 0. The van der Waals surface area contributed by atoms with Crippen LogP contribution >= 0.6 is 0 Å².